The maximum Gasteiger partial charge on any atom is 0.341 e. The van der Waals surface area contributed by atoms with Gasteiger partial charge in [0.25, 0.3) is 5.69 Å². The topological polar surface area (TPSA) is 99.4 Å². The van der Waals surface area contributed by atoms with Crippen LogP contribution in [0.25, 0.3) is 10.9 Å². The lowest BCUT2D eigenvalue weighted by atomic mass is 10.2. The molecule has 0 radical (unpaired) electrons. The van der Waals surface area contributed by atoms with Gasteiger partial charge >= 0.3 is 10.1 Å². The average molecular weight is 448 g/mol. The number of benzene rings is 2. The van der Waals surface area contributed by atoms with Crippen LogP contribution in [0.2, 0.25) is 15.1 Å². The molecule has 0 N–H and O–H groups in total. The zero-order valence-corrected chi connectivity index (χ0v) is 16.5. The summed E-state index contributed by atoms with van der Waals surface area (Å²) >= 11 is 18.2. The summed E-state index contributed by atoms with van der Waals surface area (Å²) in [5, 5.41) is 11.3. The monoisotopic (exact) mass is 446 g/mol. The van der Waals surface area contributed by atoms with Crippen LogP contribution < -0.4 is 4.18 Å². The first-order chi connectivity index (χ1) is 12.6. The normalized spacial score (nSPS) is 11.6. The van der Waals surface area contributed by atoms with Crippen LogP contribution in [-0.4, -0.2) is 18.3 Å². The Morgan fingerprint density at radius 3 is 2.41 bits per heavy atom. The number of hydrogen-bond acceptors (Lipinski definition) is 6. The minimum Gasteiger partial charge on any atom is -0.375 e. The molecule has 0 aliphatic heterocycles. The van der Waals surface area contributed by atoms with Crippen molar-refractivity contribution in [3.8, 4) is 5.75 Å². The van der Waals surface area contributed by atoms with Gasteiger partial charge in [0.1, 0.15) is 10.4 Å². The van der Waals surface area contributed by atoms with Crippen molar-refractivity contribution in [1.29, 1.82) is 0 Å². The molecule has 0 amide bonds. The molecule has 0 fully saturated rings. The van der Waals surface area contributed by atoms with Gasteiger partial charge in [0.15, 0.2) is 5.75 Å². The number of aryl methyl sites for hydroxylation is 1. The highest BCUT2D eigenvalue weighted by atomic mass is 35.5. The van der Waals surface area contributed by atoms with Gasteiger partial charge in [-0.25, -0.2) is 4.98 Å². The number of hydrogen-bond donors (Lipinski definition) is 0. The molecule has 2 aromatic carbocycles. The lowest BCUT2D eigenvalue weighted by molar-refractivity contribution is -0.385. The largest absolute Gasteiger partial charge is 0.375 e. The first-order valence-corrected chi connectivity index (χ1v) is 9.78. The molecule has 0 unspecified atom stereocenters. The Hall–Kier alpha value is -2.13. The third-order valence-corrected chi connectivity index (χ3v) is 5.86. The lowest BCUT2D eigenvalue weighted by Gasteiger charge is -2.13. The van der Waals surface area contributed by atoms with E-state index in [0.29, 0.717) is 11.1 Å². The summed E-state index contributed by atoms with van der Waals surface area (Å²) in [7, 11) is -4.54. The van der Waals surface area contributed by atoms with Gasteiger partial charge in [0, 0.05) is 23.2 Å². The van der Waals surface area contributed by atoms with Crippen molar-refractivity contribution >= 4 is 61.5 Å². The predicted molar refractivity (Wildman–Crippen MR) is 102 cm³/mol. The van der Waals surface area contributed by atoms with E-state index in [4.69, 9.17) is 39.0 Å². The van der Waals surface area contributed by atoms with E-state index in [0.717, 1.165) is 18.2 Å². The zero-order valence-electron chi connectivity index (χ0n) is 13.4. The summed E-state index contributed by atoms with van der Waals surface area (Å²) in [6, 6.07) is 7.65. The Balaban J connectivity index is 2.19. The summed E-state index contributed by atoms with van der Waals surface area (Å²) in [5.41, 5.74) is 0.261. The molecule has 0 aliphatic carbocycles. The van der Waals surface area contributed by atoms with Gasteiger partial charge < -0.3 is 4.18 Å². The Morgan fingerprint density at radius 2 is 1.74 bits per heavy atom. The van der Waals surface area contributed by atoms with Crippen LogP contribution in [0.5, 0.6) is 5.75 Å². The van der Waals surface area contributed by atoms with E-state index in [-0.39, 0.29) is 26.3 Å². The highest BCUT2D eigenvalue weighted by Gasteiger charge is 2.26. The van der Waals surface area contributed by atoms with Crippen molar-refractivity contribution in [2.75, 3.05) is 0 Å². The van der Waals surface area contributed by atoms with E-state index in [1.54, 1.807) is 19.1 Å². The third kappa shape index (κ3) is 3.79. The van der Waals surface area contributed by atoms with Crippen molar-refractivity contribution in [2.24, 2.45) is 0 Å². The maximum absolute atomic E-state index is 12.7. The van der Waals surface area contributed by atoms with Gasteiger partial charge in [0.2, 0.25) is 0 Å². The van der Waals surface area contributed by atoms with E-state index >= 15 is 0 Å². The molecular formula is C16H9Cl3N2O5S. The molecule has 0 bridgehead atoms. The van der Waals surface area contributed by atoms with Crippen molar-refractivity contribution in [3.63, 3.8) is 0 Å². The van der Waals surface area contributed by atoms with Crippen LogP contribution in [0.4, 0.5) is 5.69 Å². The van der Waals surface area contributed by atoms with Crippen LogP contribution in [0, 0.1) is 17.0 Å². The van der Waals surface area contributed by atoms with Crippen LogP contribution in [0.3, 0.4) is 0 Å². The number of nitro groups is 1. The standard InChI is InChI=1S/C16H9Cl3N2O5S/c1-8-2-4-10-12(18)7-13(19)16(15(10)20-8)26-27(24,25)14-6-9(21(22)23)3-5-11(14)17/h2-7H,1H3. The van der Waals surface area contributed by atoms with Crippen molar-refractivity contribution < 1.29 is 17.5 Å². The molecule has 27 heavy (non-hydrogen) atoms. The second-order valence-corrected chi connectivity index (χ2v) is 8.16. The Labute approximate surface area is 168 Å². The van der Waals surface area contributed by atoms with Crippen LogP contribution in [-0.2, 0) is 10.1 Å². The minimum absolute atomic E-state index is 0.0873. The van der Waals surface area contributed by atoms with E-state index < -0.39 is 25.6 Å². The number of non-ortho nitro benzene ring substituents is 1. The number of rotatable bonds is 4. The first-order valence-electron chi connectivity index (χ1n) is 7.24. The van der Waals surface area contributed by atoms with Gasteiger partial charge in [-0.05, 0) is 31.2 Å². The molecule has 3 aromatic rings. The average Bonchev–Trinajstić information content (AvgIpc) is 2.58. The Bertz CT molecular complexity index is 1200. The van der Waals surface area contributed by atoms with E-state index in [9.17, 15) is 18.5 Å². The first kappa shape index (κ1) is 19.6. The van der Waals surface area contributed by atoms with Gasteiger partial charge in [-0.2, -0.15) is 8.42 Å². The smallest absolute Gasteiger partial charge is 0.341 e. The highest BCUT2D eigenvalue weighted by molar-refractivity contribution is 7.87. The van der Waals surface area contributed by atoms with Gasteiger partial charge in [-0.15, -0.1) is 0 Å². The molecule has 0 atom stereocenters. The molecule has 11 heteroatoms. The second-order valence-electron chi connectivity index (χ2n) is 5.43. The number of nitrogens with zero attached hydrogens (tertiary/aromatic N) is 2. The van der Waals surface area contributed by atoms with Crippen LogP contribution in [0.15, 0.2) is 41.3 Å². The molecule has 0 saturated carbocycles. The maximum atomic E-state index is 12.7. The fourth-order valence-electron chi connectivity index (χ4n) is 2.32. The fourth-order valence-corrected chi connectivity index (χ4v) is 4.37. The van der Waals surface area contributed by atoms with Crippen molar-refractivity contribution in [1.82, 2.24) is 4.98 Å². The molecule has 1 heterocycles. The van der Waals surface area contributed by atoms with Crippen molar-refractivity contribution in [3.05, 3.63) is 67.3 Å². The molecular weight excluding hydrogens is 439 g/mol. The summed E-state index contributed by atoms with van der Waals surface area (Å²) < 4.78 is 30.6. The number of aromatic nitrogens is 1. The molecule has 0 saturated heterocycles. The summed E-state index contributed by atoms with van der Waals surface area (Å²) in [4.78, 5) is 13.9. The molecule has 140 valence electrons. The number of pyridine rings is 1. The number of nitro benzene ring substituents is 1. The fraction of sp³-hybridized carbons (Fsp3) is 0.0625. The van der Waals surface area contributed by atoms with Gasteiger partial charge in [0.05, 0.1) is 20.0 Å². The third-order valence-electron chi connectivity index (χ3n) is 3.57. The highest BCUT2D eigenvalue weighted by Crippen LogP contribution is 2.39. The molecule has 7 nitrogen and oxygen atoms in total. The zero-order chi connectivity index (χ0) is 19.9. The Morgan fingerprint density at radius 1 is 1.04 bits per heavy atom. The minimum atomic E-state index is -4.54. The molecule has 3 rings (SSSR count). The van der Waals surface area contributed by atoms with Gasteiger partial charge in [-0.3, -0.25) is 10.1 Å². The second kappa shape index (κ2) is 7.12. The summed E-state index contributed by atoms with van der Waals surface area (Å²) in [5.74, 6) is -0.248. The Kier molecular flexibility index (Phi) is 5.18. The quantitative estimate of drug-likeness (QED) is 0.310. The predicted octanol–water partition coefficient (Wildman–Crippen LogP) is 5.18. The summed E-state index contributed by atoms with van der Waals surface area (Å²) in [6.07, 6.45) is 0. The van der Waals surface area contributed by atoms with E-state index in [1.165, 1.54) is 6.07 Å². The van der Waals surface area contributed by atoms with Crippen LogP contribution in [0.1, 0.15) is 5.69 Å². The van der Waals surface area contributed by atoms with Crippen molar-refractivity contribution in [2.45, 2.75) is 11.8 Å². The van der Waals surface area contributed by atoms with E-state index in [1.807, 2.05) is 0 Å². The van der Waals surface area contributed by atoms with Gasteiger partial charge in [-0.1, -0.05) is 34.8 Å². The SMILES string of the molecule is Cc1ccc2c(Cl)cc(Cl)c(OS(=O)(=O)c3cc([N+](=O)[O-])ccc3Cl)c2n1. The summed E-state index contributed by atoms with van der Waals surface area (Å²) in [6.45, 7) is 1.70. The molecule has 0 spiro atoms. The number of halogens is 3. The van der Waals surface area contributed by atoms with E-state index in [2.05, 4.69) is 4.98 Å². The van der Waals surface area contributed by atoms with Crippen LogP contribution >= 0.6 is 34.8 Å². The molecule has 0 aliphatic rings. The lowest BCUT2D eigenvalue weighted by Crippen LogP contribution is -2.12. The number of fused-ring (bicyclic) bond motifs is 1. The molecule has 1 aromatic heterocycles.